The molecule has 2 heterocycles. The fourth-order valence-electron chi connectivity index (χ4n) is 4.63. The first-order valence-electron chi connectivity index (χ1n) is 11.6. The Bertz CT molecular complexity index is 1300. The Hall–Kier alpha value is -4.00. The summed E-state index contributed by atoms with van der Waals surface area (Å²) < 4.78 is 1.77. The Balaban J connectivity index is 1.21. The van der Waals surface area contributed by atoms with Crippen LogP contribution in [-0.4, -0.2) is 44.6 Å². The van der Waals surface area contributed by atoms with Crippen LogP contribution in [0.15, 0.2) is 79.4 Å². The Morgan fingerprint density at radius 3 is 2.71 bits per heavy atom. The van der Waals surface area contributed by atoms with Crippen molar-refractivity contribution in [2.75, 3.05) is 13.1 Å². The molecule has 172 valence electrons. The minimum atomic E-state index is -0.203. The molecule has 1 saturated heterocycles. The van der Waals surface area contributed by atoms with E-state index in [1.54, 1.807) is 11.0 Å². The second kappa shape index (κ2) is 9.87. The number of rotatable bonds is 6. The van der Waals surface area contributed by atoms with Gasteiger partial charge in [-0.15, -0.1) is 0 Å². The predicted octanol–water partition coefficient (Wildman–Crippen LogP) is 3.65. The lowest BCUT2D eigenvalue weighted by molar-refractivity contribution is -0.126. The van der Waals surface area contributed by atoms with Crippen molar-refractivity contribution in [3.8, 4) is 0 Å². The second-order valence-electron chi connectivity index (χ2n) is 8.75. The lowest BCUT2D eigenvalue weighted by Crippen LogP contribution is -2.45. The summed E-state index contributed by atoms with van der Waals surface area (Å²) in [6, 6.07) is 21.8. The van der Waals surface area contributed by atoms with E-state index in [9.17, 15) is 9.59 Å². The standard InChI is InChI=1S/C27H27N5O2/c33-26(29-15-20-6-3-7-21(14-20)16-32-19-28-18-30-32)23-10-5-13-31(17-23)27(34)25-12-4-9-22-8-1-2-11-24(22)25/h1-4,6-9,11-12,14,18-19,23H,5,10,13,15-17H2,(H,29,33). The van der Waals surface area contributed by atoms with Gasteiger partial charge in [0.25, 0.3) is 5.91 Å². The molecule has 0 bridgehead atoms. The molecule has 1 fully saturated rings. The van der Waals surface area contributed by atoms with Crippen molar-refractivity contribution in [2.24, 2.45) is 5.92 Å². The van der Waals surface area contributed by atoms with Crippen molar-refractivity contribution in [3.05, 3.63) is 96.1 Å². The number of likely N-dealkylation sites (tertiary alicyclic amines) is 1. The third-order valence-electron chi connectivity index (χ3n) is 6.37. The molecule has 0 radical (unpaired) electrons. The largest absolute Gasteiger partial charge is 0.352 e. The van der Waals surface area contributed by atoms with Crippen LogP contribution in [0.25, 0.3) is 10.8 Å². The maximum absolute atomic E-state index is 13.3. The van der Waals surface area contributed by atoms with Gasteiger partial charge in [-0.05, 0) is 40.8 Å². The molecule has 1 N–H and O–H groups in total. The van der Waals surface area contributed by atoms with E-state index in [1.165, 1.54) is 6.33 Å². The van der Waals surface area contributed by atoms with E-state index in [1.807, 2.05) is 65.6 Å². The van der Waals surface area contributed by atoms with Gasteiger partial charge in [0.15, 0.2) is 0 Å². The van der Waals surface area contributed by atoms with Gasteiger partial charge >= 0.3 is 0 Å². The molecule has 7 nitrogen and oxygen atoms in total. The zero-order valence-corrected chi connectivity index (χ0v) is 18.9. The zero-order valence-electron chi connectivity index (χ0n) is 18.9. The van der Waals surface area contributed by atoms with Crippen LogP contribution < -0.4 is 5.32 Å². The molecule has 1 aromatic heterocycles. The fraction of sp³-hybridized carbons (Fsp3) is 0.259. The molecule has 4 aromatic rings. The molecule has 1 aliphatic heterocycles. The van der Waals surface area contributed by atoms with Crippen molar-refractivity contribution in [2.45, 2.75) is 25.9 Å². The van der Waals surface area contributed by atoms with Gasteiger partial charge in [-0.3, -0.25) is 9.59 Å². The average molecular weight is 454 g/mol. The lowest BCUT2D eigenvalue weighted by atomic mass is 9.95. The molecule has 3 aromatic carbocycles. The first-order valence-corrected chi connectivity index (χ1v) is 11.6. The Labute approximate surface area is 198 Å². The summed E-state index contributed by atoms with van der Waals surface area (Å²) in [5.41, 5.74) is 2.83. The first kappa shape index (κ1) is 21.8. The van der Waals surface area contributed by atoms with Crippen LogP contribution >= 0.6 is 0 Å². The number of piperidine rings is 1. The van der Waals surface area contributed by atoms with E-state index in [0.29, 0.717) is 31.7 Å². The van der Waals surface area contributed by atoms with Crippen LogP contribution in [0.3, 0.4) is 0 Å². The SMILES string of the molecule is O=C(NCc1cccc(Cn2cncn2)c1)C1CCCN(C(=O)c2cccc3ccccc23)C1. The first-order chi connectivity index (χ1) is 16.7. The van der Waals surface area contributed by atoms with Crippen molar-refractivity contribution in [1.82, 2.24) is 25.0 Å². The minimum absolute atomic E-state index is 0.00269. The summed E-state index contributed by atoms with van der Waals surface area (Å²) in [7, 11) is 0. The molecule has 34 heavy (non-hydrogen) atoms. The summed E-state index contributed by atoms with van der Waals surface area (Å²) in [6.07, 6.45) is 4.81. The van der Waals surface area contributed by atoms with Gasteiger partial charge in [0.2, 0.25) is 5.91 Å². The van der Waals surface area contributed by atoms with Gasteiger partial charge in [-0.25, -0.2) is 9.67 Å². The Morgan fingerprint density at radius 2 is 1.82 bits per heavy atom. The van der Waals surface area contributed by atoms with Crippen molar-refractivity contribution in [3.63, 3.8) is 0 Å². The number of benzene rings is 3. The highest BCUT2D eigenvalue weighted by Gasteiger charge is 2.29. The van der Waals surface area contributed by atoms with E-state index in [-0.39, 0.29) is 17.7 Å². The fourth-order valence-corrected chi connectivity index (χ4v) is 4.63. The highest BCUT2D eigenvalue weighted by molar-refractivity contribution is 6.07. The monoisotopic (exact) mass is 453 g/mol. The molecule has 1 unspecified atom stereocenters. The minimum Gasteiger partial charge on any atom is -0.352 e. The molecule has 0 spiro atoms. The molecule has 7 heteroatoms. The predicted molar refractivity (Wildman–Crippen MR) is 130 cm³/mol. The molecule has 0 saturated carbocycles. The number of nitrogens with one attached hydrogen (secondary N) is 1. The van der Waals surface area contributed by atoms with Gasteiger partial charge in [-0.1, -0.05) is 60.7 Å². The summed E-state index contributed by atoms with van der Waals surface area (Å²) in [4.78, 5) is 32.1. The molecular formula is C27H27N5O2. The Kier molecular flexibility index (Phi) is 6.33. The number of hydrogen-bond donors (Lipinski definition) is 1. The maximum Gasteiger partial charge on any atom is 0.254 e. The number of carbonyl (C=O) groups excluding carboxylic acids is 2. The van der Waals surface area contributed by atoms with E-state index in [0.717, 1.165) is 34.7 Å². The zero-order chi connectivity index (χ0) is 23.3. The highest BCUT2D eigenvalue weighted by atomic mass is 16.2. The van der Waals surface area contributed by atoms with E-state index in [4.69, 9.17) is 0 Å². The van der Waals surface area contributed by atoms with Gasteiger partial charge in [0.05, 0.1) is 12.5 Å². The third kappa shape index (κ3) is 4.83. The van der Waals surface area contributed by atoms with E-state index in [2.05, 4.69) is 21.5 Å². The third-order valence-corrected chi connectivity index (χ3v) is 6.37. The van der Waals surface area contributed by atoms with Crippen molar-refractivity contribution in [1.29, 1.82) is 0 Å². The van der Waals surface area contributed by atoms with Gasteiger partial charge in [-0.2, -0.15) is 5.10 Å². The highest BCUT2D eigenvalue weighted by Crippen LogP contribution is 2.24. The van der Waals surface area contributed by atoms with Crippen LogP contribution in [0.1, 0.15) is 34.3 Å². The molecule has 1 atom stereocenters. The quantitative estimate of drug-likeness (QED) is 0.483. The van der Waals surface area contributed by atoms with Gasteiger partial charge in [0, 0.05) is 25.2 Å². The number of aromatic nitrogens is 3. The van der Waals surface area contributed by atoms with Gasteiger partial charge < -0.3 is 10.2 Å². The molecular weight excluding hydrogens is 426 g/mol. The molecule has 5 rings (SSSR count). The molecule has 2 amide bonds. The van der Waals surface area contributed by atoms with Crippen molar-refractivity contribution < 1.29 is 9.59 Å². The topological polar surface area (TPSA) is 80.1 Å². The molecule has 1 aliphatic rings. The number of hydrogen-bond acceptors (Lipinski definition) is 4. The van der Waals surface area contributed by atoms with Crippen LogP contribution in [0.2, 0.25) is 0 Å². The van der Waals surface area contributed by atoms with Gasteiger partial charge in [0.1, 0.15) is 12.7 Å². The van der Waals surface area contributed by atoms with Crippen molar-refractivity contribution >= 4 is 22.6 Å². The average Bonchev–Trinajstić information content (AvgIpc) is 3.40. The van der Waals surface area contributed by atoms with Crippen LogP contribution in [0.4, 0.5) is 0 Å². The summed E-state index contributed by atoms with van der Waals surface area (Å²) in [5, 5.41) is 9.21. The van der Waals surface area contributed by atoms with E-state index < -0.39 is 0 Å². The van der Waals surface area contributed by atoms with Crippen LogP contribution in [-0.2, 0) is 17.9 Å². The number of carbonyl (C=O) groups is 2. The smallest absolute Gasteiger partial charge is 0.254 e. The summed E-state index contributed by atoms with van der Waals surface area (Å²) in [5.74, 6) is -0.210. The summed E-state index contributed by atoms with van der Waals surface area (Å²) >= 11 is 0. The lowest BCUT2D eigenvalue weighted by Gasteiger charge is -2.32. The van der Waals surface area contributed by atoms with Crippen LogP contribution in [0, 0.1) is 5.92 Å². The number of nitrogens with zero attached hydrogens (tertiary/aromatic N) is 4. The second-order valence-corrected chi connectivity index (χ2v) is 8.75. The normalized spacial score (nSPS) is 15.9. The van der Waals surface area contributed by atoms with Crippen LogP contribution in [0.5, 0.6) is 0 Å². The maximum atomic E-state index is 13.3. The molecule has 0 aliphatic carbocycles. The number of fused-ring (bicyclic) bond motifs is 1. The Morgan fingerprint density at radius 1 is 1.00 bits per heavy atom. The van der Waals surface area contributed by atoms with E-state index >= 15 is 0 Å². The number of amides is 2. The summed E-state index contributed by atoms with van der Waals surface area (Å²) in [6.45, 7) is 2.21.